The molecule has 70 valence electrons. The van der Waals surface area contributed by atoms with Crippen LogP contribution in [-0.2, 0) is 17.1 Å². The van der Waals surface area contributed by atoms with Gasteiger partial charge < -0.3 is 10.2 Å². The van der Waals surface area contributed by atoms with Crippen molar-refractivity contribution < 1.29 is 27.3 Å². The Morgan fingerprint density at radius 2 is 1.09 bits per heavy atom. The number of hydrogen-bond donors (Lipinski definition) is 0. The molecular formula is C8H18FeO2. The summed E-state index contributed by atoms with van der Waals surface area (Å²) >= 11 is 0. The molecule has 0 aromatic rings. The van der Waals surface area contributed by atoms with Crippen LogP contribution in [0.25, 0.3) is 0 Å². The molecule has 0 spiro atoms. The number of hydrogen-bond acceptors (Lipinski definition) is 2. The van der Waals surface area contributed by atoms with E-state index < -0.39 is 0 Å². The summed E-state index contributed by atoms with van der Waals surface area (Å²) in [5.41, 5.74) is 0. The molecule has 0 saturated carbocycles. The summed E-state index contributed by atoms with van der Waals surface area (Å²) < 4.78 is 0. The molecule has 0 aromatic heterocycles. The van der Waals surface area contributed by atoms with Crippen molar-refractivity contribution in [3.63, 3.8) is 0 Å². The summed E-state index contributed by atoms with van der Waals surface area (Å²) in [5.74, 6) is 0. The van der Waals surface area contributed by atoms with Crippen LogP contribution in [0.3, 0.4) is 0 Å². The molecule has 11 heavy (non-hydrogen) atoms. The zero-order valence-electron chi connectivity index (χ0n) is 7.41. The van der Waals surface area contributed by atoms with Gasteiger partial charge in [-0.1, -0.05) is 39.5 Å². The van der Waals surface area contributed by atoms with Gasteiger partial charge in [0.1, 0.15) is 0 Å². The van der Waals surface area contributed by atoms with E-state index in [1.165, 1.54) is 0 Å². The van der Waals surface area contributed by atoms with E-state index in [0.29, 0.717) is 0 Å². The Morgan fingerprint density at radius 1 is 0.818 bits per heavy atom. The van der Waals surface area contributed by atoms with E-state index in [-0.39, 0.29) is 30.3 Å². The fourth-order valence-electron chi connectivity index (χ4n) is 0.289. The van der Waals surface area contributed by atoms with Crippen molar-refractivity contribution >= 4 is 0 Å². The first kappa shape index (κ1) is 17.5. The fourth-order valence-corrected chi connectivity index (χ4v) is 0.289. The summed E-state index contributed by atoms with van der Waals surface area (Å²) in [6.45, 7) is 4.21. The van der Waals surface area contributed by atoms with E-state index in [0.717, 1.165) is 25.7 Å². The molecule has 0 aliphatic heterocycles. The molecular weight excluding hydrogens is 184 g/mol. The third kappa shape index (κ3) is 37.7. The zero-order chi connectivity index (χ0) is 8.24. The molecule has 0 rings (SSSR count). The van der Waals surface area contributed by atoms with Crippen LogP contribution < -0.4 is 10.2 Å². The van der Waals surface area contributed by atoms with Crippen molar-refractivity contribution in [2.45, 2.75) is 39.5 Å². The van der Waals surface area contributed by atoms with Crippen molar-refractivity contribution in [2.75, 3.05) is 13.2 Å². The molecule has 0 aromatic carbocycles. The van der Waals surface area contributed by atoms with E-state index in [4.69, 9.17) is 0 Å². The zero-order valence-corrected chi connectivity index (χ0v) is 8.52. The van der Waals surface area contributed by atoms with Crippen LogP contribution in [0.1, 0.15) is 39.5 Å². The van der Waals surface area contributed by atoms with Crippen molar-refractivity contribution in [1.82, 2.24) is 0 Å². The molecule has 2 nitrogen and oxygen atoms in total. The van der Waals surface area contributed by atoms with Gasteiger partial charge in [-0.3, -0.25) is 0 Å². The summed E-state index contributed by atoms with van der Waals surface area (Å²) in [6.07, 6.45) is 3.73. The summed E-state index contributed by atoms with van der Waals surface area (Å²) in [5, 5.41) is 19.1. The maximum Gasteiger partial charge on any atom is 2.00 e. The molecule has 0 aliphatic carbocycles. The topological polar surface area (TPSA) is 46.1 Å². The van der Waals surface area contributed by atoms with Crippen molar-refractivity contribution in [3.05, 3.63) is 0 Å². The smallest absolute Gasteiger partial charge is 0.854 e. The molecule has 0 aliphatic rings. The molecule has 0 N–H and O–H groups in total. The van der Waals surface area contributed by atoms with Crippen LogP contribution in [-0.4, -0.2) is 13.2 Å². The third-order valence-electron chi connectivity index (χ3n) is 0.996. The van der Waals surface area contributed by atoms with Gasteiger partial charge in [0, 0.05) is 0 Å². The minimum atomic E-state index is 0. The molecule has 0 saturated heterocycles. The van der Waals surface area contributed by atoms with Gasteiger partial charge in [0.25, 0.3) is 0 Å². The van der Waals surface area contributed by atoms with Crippen LogP contribution in [0.2, 0.25) is 0 Å². The molecule has 0 atom stereocenters. The van der Waals surface area contributed by atoms with Crippen LogP contribution in [0.5, 0.6) is 0 Å². The maximum atomic E-state index is 9.53. The first-order chi connectivity index (χ1) is 4.83. The van der Waals surface area contributed by atoms with Gasteiger partial charge in [0.05, 0.1) is 0 Å². The average Bonchev–Trinajstić information content (AvgIpc) is 1.93. The van der Waals surface area contributed by atoms with E-state index in [2.05, 4.69) is 0 Å². The number of rotatable bonds is 4. The Balaban J connectivity index is -0.000000107. The minimum absolute atomic E-state index is 0. The number of unbranched alkanes of at least 4 members (excludes halogenated alkanes) is 2. The van der Waals surface area contributed by atoms with Gasteiger partial charge in [-0.05, 0) is 0 Å². The predicted molar refractivity (Wildman–Crippen MR) is 39.6 cm³/mol. The Kier molecular flexibility index (Phi) is 35.7. The van der Waals surface area contributed by atoms with E-state index in [1.807, 2.05) is 13.8 Å². The molecule has 0 amide bonds. The fraction of sp³-hybridized carbons (Fsp3) is 1.00. The Bertz CT molecular complexity index is 33.1. The monoisotopic (exact) mass is 202 g/mol. The van der Waals surface area contributed by atoms with Crippen LogP contribution in [0.15, 0.2) is 0 Å². The molecule has 0 heterocycles. The predicted octanol–water partition coefficient (Wildman–Crippen LogP) is 0.291. The summed E-state index contributed by atoms with van der Waals surface area (Å²) in [7, 11) is 0. The van der Waals surface area contributed by atoms with Crippen molar-refractivity contribution in [3.8, 4) is 0 Å². The van der Waals surface area contributed by atoms with Gasteiger partial charge in [-0.25, -0.2) is 0 Å². The van der Waals surface area contributed by atoms with E-state index in [1.54, 1.807) is 0 Å². The molecule has 0 bridgehead atoms. The third-order valence-corrected chi connectivity index (χ3v) is 0.996. The van der Waals surface area contributed by atoms with Gasteiger partial charge in [-0.15, -0.1) is 13.2 Å². The largest absolute Gasteiger partial charge is 2.00 e. The van der Waals surface area contributed by atoms with E-state index in [9.17, 15) is 10.2 Å². The Labute approximate surface area is 80.5 Å². The first-order valence-corrected chi connectivity index (χ1v) is 3.99. The van der Waals surface area contributed by atoms with E-state index >= 15 is 0 Å². The van der Waals surface area contributed by atoms with Crippen LogP contribution in [0, 0.1) is 0 Å². The van der Waals surface area contributed by atoms with Gasteiger partial charge in [-0.2, -0.15) is 0 Å². The van der Waals surface area contributed by atoms with Crippen LogP contribution >= 0.6 is 0 Å². The normalized spacial score (nSPS) is 7.64. The van der Waals surface area contributed by atoms with Crippen LogP contribution in [0.4, 0.5) is 0 Å². The maximum absolute atomic E-state index is 9.53. The van der Waals surface area contributed by atoms with Gasteiger partial charge >= 0.3 is 17.1 Å². The van der Waals surface area contributed by atoms with Gasteiger partial charge in [0.15, 0.2) is 0 Å². The second kappa shape index (κ2) is 22.4. The molecule has 0 radical (unpaired) electrons. The standard InChI is InChI=1S/2C4H9O.Fe/c2*1-2-3-4-5;/h2*2-4H2,1H3;/q2*-1;+2. The second-order valence-corrected chi connectivity index (χ2v) is 2.12. The van der Waals surface area contributed by atoms with Gasteiger partial charge in [0.2, 0.25) is 0 Å². The van der Waals surface area contributed by atoms with Crippen molar-refractivity contribution in [1.29, 1.82) is 0 Å². The quantitative estimate of drug-likeness (QED) is 0.615. The SMILES string of the molecule is CCCC[O-].CCCC[O-].[Fe+2]. The molecule has 0 unspecified atom stereocenters. The van der Waals surface area contributed by atoms with Crippen molar-refractivity contribution in [2.24, 2.45) is 0 Å². The summed E-state index contributed by atoms with van der Waals surface area (Å²) in [6, 6.07) is 0. The average molecular weight is 202 g/mol. The second-order valence-electron chi connectivity index (χ2n) is 2.12. The Hall–Kier alpha value is 0.439. The first-order valence-electron chi connectivity index (χ1n) is 3.99. The molecule has 3 heteroatoms. The molecule has 0 fully saturated rings. The summed E-state index contributed by atoms with van der Waals surface area (Å²) in [4.78, 5) is 0. The Morgan fingerprint density at radius 3 is 1.09 bits per heavy atom. The minimum Gasteiger partial charge on any atom is -0.854 e.